The first kappa shape index (κ1) is 14.8. The molecule has 0 aliphatic carbocycles. The normalized spacial score (nSPS) is 13.0. The maximum absolute atomic E-state index is 6.02. The minimum atomic E-state index is -0.00906. The molecule has 0 fully saturated rings. The van der Waals surface area contributed by atoms with Crippen LogP contribution in [0.15, 0.2) is 0 Å². The van der Waals surface area contributed by atoms with Crippen molar-refractivity contribution in [3.05, 3.63) is 5.69 Å². The summed E-state index contributed by atoms with van der Waals surface area (Å²) in [6.07, 6.45) is -0.00906. The molecule has 0 radical (unpaired) electrons. The number of nitrogens with one attached hydrogen (secondary N) is 1. The smallest absolute Gasteiger partial charge is 0.148 e. The van der Waals surface area contributed by atoms with E-state index in [2.05, 4.69) is 24.3 Å². The maximum atomic E-state index is 6.02. The molecule has 104 valence electrons. The summed E-state index contributed by atoms with van der Waals surface area (Å²) in [6, 6.07) is 0.256. The molecule has 1 aromatic heterocycles. The average molecular weight is 256 g/mol. The van der Waals surface area contributed by atoms with Gasteiger partial charge < -0.3 is 20.5 Å². The summed E-state index contributed by atoms with van der Waals surface area (Å²) in [4.78, 5) is 0. The number of nitrogens with two attached hydrogens (primary N) is 1. The van der Waals surface area contributed by atoms with Crippen LogP contribution in [0, 0.1) is 6.92 Å². The predicted molar refractivity (Wildman–Crippen MR) is 72.9 cm³/mol. The van der Waals surface area contributed by atoms with Crippen LogP contribution in [-0.4, -0.2) is 43.3 Å². The molecule has 0 amide bonds. The summed E-state index contributed by atoms with van der Waals surface area (Å²) < 4.78 is 12.3. The van der Waals surface area contributed by atoms with E-state index in [9.17, 15) is 0 Å². The highest BCUT2D eigenvalue weighted by atomic mass is 16.5. The van der Waals surface area contributed by atoms with Crippen LogP contribution in [0.5, 0.6) is 0 Å². The Morgan fingerprint density at radius 2 is 2.06 bits per heavy atom. The lowest BCUT2D eigenvalue weighted by Crippen LogP contribution is -2.27. The third-order valence-corrected chi connectivity index (χ3v) is 2.80. The van der Waals surface area contributed by atoms with Crippen molar-refractivity contribution < 1.29 is 9.47 Å². The fourth-order valence-corrected chi connectivity index (χ4v) is 1.72. The zero-order valence-electron chi connectivity index (χ0n) is 11.9. The van der Waals surface area contributed by atoms with Crippen molar-refractivity contribution in [2.45, 2.75) is 32.9 Å². The fraction of sp³-hybridized carbons (Fsp3) is 0.750. The number of aromatic nitrogens is 2. The van der Waals surface area contributed by atoms with Crippen molar-refractivity contribution in [3.8, 4) is 0 Å². The lowest BCUT2D eigenvalue weighted by molar-refractivity contribution is 0.0365. The Labute approximate surface area is 108 Å². The second-order valence-corrected chi connectivity index (χ2v) is 4.58. The average Bonchev–Trinajstić information content (AvgIpc) is 2.62. The Kier molecular flexibility index (Phi) is 5.43. The van der Waals surface area contributed by atoms with Crippen LogP contribution in [0.2, 0.25) is 0 Å². The number of aryl methyl sites for hydroxylation is 1. The third-order valence-electron chi connectivity index (χ3n) is 2.80. The number of nitrogens with zero attached hydrogens (tertiary/aromatic N) is 2. The Morgan fingerprint density at radius 1 is 1.39 bits per heavy atom. The molecule has 0 spiro atoms. The van der Waals surface area contributed by atoms with E-state index in [0.29, 0.717) is 18.8 Å². The molecule has 1 atom stereocenters. The van der Waals surface area contributed by atoms with Crippen LogP contribution >= 0.6 is 0 Å². The maximum Gasteiger partial charge on any atom is 0.148 e. The fourth-order valence-electron chi connectivity index (χ4n) is 1.72. The van der Waals surface area contributed by atoms with Crippen molar-refractivity contribution in [3.63, 3.8) is 0 Å². The molecule has 3 N–H and O–H groups in total. The molecule has 0 aliphatic rings. The van der Waals surface area contributed by atoms with Gasteiger partial charge in [-0.25, -0.2) is 4.68 Å². The van der Waals surface area contributed by atoms with Gasteiger partial charge in [-0.05, 0) is 20.8 Å². The van der Waals surface area contributed by atoms with Gasteiger partial charge in [-0.2, -0.15) is 5.10 Å². The molecular formula is C12H24N4O2. The first-order valence-electron chi connectivity index (χ1n) is 6.11. The summed E-state index contributed by atoms with van der Waals surface area (Å²) >= 11 is 0. The number of anilines is 2. The van der Waals surface area contributed by atoms with Gasteiger partial charge in [-0.15, -0.1) is 0 Å². The highest BCUT2D eigenvalue weighted by molar-refractivity contribution is 5.64. The van der Waals surface area contributed by atoms with Crippen molar-refractivity contribution in [2.75, 3.05) is 38.4 Å². The van der Waals surface area contributed by atoms with Crippen molar-refractivity contribution in [1.82, 2.24) is 9.78 Å². The highest BCUT2D eigenvalue weighted by Gasteiger charge is 2.16. The zero-order chi connectivity index (χ0) is 13.7. The van der Waals surface area contributed by atoms with E-state index in [4.69, 9.17) is 15.2 Å². The molecule has 1 unspecified atom stereocenters. The van der Waals surface area contributed by atoms with Gasteiger partial charge in [0.1, 0.15) is 5.82 Å². The van der Waals surface area contributed by atoms with Gasteiger partial charge in [0.25, 0.3) is 0 Å². The van der Waals surface area contributed by atoms with Crippen LogP contribution in [0.1, 0.15) is 25.6 Å². The van der Waals surface area contributed by atoms with Crippen molar-refractivity contribution in [2.24, 2.45) is 0 Å². The molecule has 0 saturated heterocycles. The minimum absolute atomic E-state index is 0.00906. The third kappa shape index (κ3) is 3.36. The number of nitrogen functional groups attached to an aromatic ring is 1. The Balaban J connectivity index is 2.77. The number of hydrogen-bond donors (Lipinski definition) is 2. The van der Waals surface area contributed by atoms with E-state index in [-0.39, 0.29) is 12.1 Å². The molecule has 0 bridgehead atoms. The molecular weight excluding hydrogens is 232 g/mol. The molecule has 0 aliphatic heterocycles. The summed E-state index contributed by atoms with van der Waals surface area (Å²) in [7, 11) is 3.32. The van der Waals surface area contributed by atoms with Crippen LogP contribution in [-0.2, 0) is 9.47 Å². The van der Waals surface area contributed by atoms with Crippen molar-refractivity contribution >= 4 is 11.5 Å². The van der Waals surface area contributed by atoms with E-state index in [1.54, 1.807) is 14.2 Å². The summed E-state index contributed by atoms with van der Waals surface area (Å²) in [5.41, 5.74) is 7.56. The second-order valence-electron chi connectivity index (χ2n) is 4.58. The number of hydrogen-bond acceptors (Lipinski definition) is 5. The summed E-state index contributed by atoms with van der Waals surface area (Å²) in [5, 5.41) is 7.71. The predicted octanol–water partition coefficient (Wildman–Crippen LogP) is 1.43. The van der Waals surface area contributed by atoms with Gasteiger partial charge in [0.2, 0.25) is 0 Å². The van der Waals surface area contributed by atoms with Crippen LogP contribution in [0.25, 0.3) is 0 Å². The van der Waals surface area contributed by atoms with Crippen LogP contribution in [0.4, 0.5) is 11.5 Å². The van der Waals surface area contributed by atoms with Gasteiger partial charge in [0.15, 0.2) is 0 Å². The number of rotatable bonds is 7. The van der Waals surface area contributed by atoms with Gasteiger partial charge in [0.05, 0.1) is 24.1 Å². The van der Waals surface area contributed by atoms with Gasteiger partial charge in [-0.3, -0.25) is 0 Å². The highest BCUT2D eigenvalue weighted by Crippen LogP contribution is 2.25. The van der Waals surface area contributed by atoms with E-state index in [1.165, 1.54) is 0 Å². The van der Waals surface area contributed by atoms with Crippen LogP contribution in [0.3, 0.4) is 0 Å². The topological polar surface area (TPSA) is 74.3 Å². The molecule has 0 aromatic carbocycles. The lowest BCUT2D eigenvalue weighted by Gasteiger charge is -2.18. The van der Waals surface area contributed by atoms with Crippen molar-refractivity contribution in [1.29, 1.82) is 0 Å². The number of methoxy groups -OCH3 is 2. The Bertz CT molecular complexity index is 376. The molecule has 1 aromatic rings. The molecule has 1 rings (SSSR count). The summed E-state index contributed by atoms with van der Waals surface area (Å²) in [5.74, 6) is 0.848. The van der Waals surface area contributed by atoms with E-state index < -0.39 is 0 Å². The molecule has 6 heteroatoms. The largest absolute Gasteiger partial charge is 0.394 e. The van der Waals surface area contributed by atoms with E-state index in [0.717, 1.165) is 11.5 Å². The van der Waals surface area contributed by atoms with Crippen LogP contribution < -0.4 is 11.1 Å². The zero-order valence-corrected chi connectivity index (χ0v) is 11.9. The van der Waals surface area contributed by atoms with Gasteiger partial charge in [-0.1, -0.05) is 0 Å². The molecule has 1 heterocycles. The lowest BCUT2D eigenvalue weighted by atomic mass is 10.3. The SMILES string of the molecule is COCC(CNc1c(N)c(C)nn1C(C)C)OC. The Hall–Kier alpha value is -1.27. The molecule has 18 heavy (non-hydrogen) atoms. The van der Waals surface area contributed by atoms with Gasteiger partial charge in [0, 0.05) is 26.8 Å². The first-order chi connectivity index (χ1) is 8.51. The minimum Gasteiger partial charge on any atom is -0.394 e. The summed E-state index contributed by atoms with van der Waals surface area (Å²) in [6.45, 7) is 7.22. The Morgan fingerprint density at radius 3 is 2.56 bits per heavy atom. The monoisotopic (exact) mass is 256 g/mol. The molecule has 6 nitrogen and oxygen atoms in total. The number of ether oxygens (including phenoxy) is 2. The standard InChI is InChI=1S/C12H24N4O2/c1-8(2)16-12(11(13)9(3)15-16)14-6-10(18-5)7-17-4/h8,10,14H,6-7,13H2,1-5H3. The van der Waals surface area contributed by atoms with E-state index >= 15 is 0 Å². The van der Waals surface area contributed by atoms with Gasteiger partial charge >= 0.3 is 0 Å². The quantitative estimate of drug-likeness (QED) is 0.772. The second kappa shape index (κ2) is 6.61. The molecule has 0 saturated carbocycles. The first-order valence-corrected chi connectivity index (χ1v) is 6.11. The van der Waals surface area contributed by atoms with E-state index in [1.807, 2.05) is 11.6 Å².